The summed E-state index contributed by atoms with van der Waals surface area (Å²) in [5.74, 6) is -1.45. The Hall–Kier alpha value is -3.32. The largest absolute Gasteiger partial charge is 0.481 e. The molecule has 0 aliphatic carbocycles. The highest BCUT2D eigenvalue weighted by molar-refractivity contribution is 6.34. The third-order valence-electron chi connectivity index (χ3n) is 6.54. The lowest BCUT2D eigenvalue weighted by Gasteiger charge is -2.36. The maximum Gasteiger partial charge on any atom is 0.306 e. The smallest absolute Gasteiger partial charge is 0.306 e. The molecule has 2 N–H and O–H groups in total. The lowest BCUT2D eigenvalue weighted by atomic mass is 9.91. The molecule has 1 aromatic carbocycles. The standard InChI is InChI=1S/C26H28ClN3O4/c1-4-5-9-29-14-21(20-11-15(2)28-23(20)25(29)32)17-6-7-19(22(27)13-17)24(31)30-10-8-18(26(33)34)12-16(30)3/h4-7,11,13-14,16,18,28H,8-10,12H2,1-3H3,(H,33,34). The highest BCUT2D eigenvalue weighted by atomic mass is 35.5. The normalized spacial score (nSPS) is 18.6. The van der Waals surface area contributed by atoms with E-state index in [2.05, 4.69) is 4.98 Å². The average Bonchev–Trinajstić information content (AvgIpc) is 3.20. The highest BCUT2D eigenvalue weighted by Gasteiger charge is 2.33. The molecule has 1 aliphatic rings. The zero-order valence-corrected chi connectivity index (χ0v) is 20.2. The second-order valence-corrected chi connectivity index (χ2v) is 9.32. The van der Waals surface area contributed by atoms with Crippen LogP contribution < -0.4 is 5.56 Å². The van der Waals surface area contributed by atoms with E-state index in [1.165, 1.54) is 0 Å². The SMILES string of the molecule is CC=CCn1cc(-c2ccc(C(=O)N3CCC(C(=O)O)CC3C)c(Cl)c2)c2cc(C)[nH]c2c1=O. The number of fused-ring (bicyclic) bond motifs is 1. The number of piperidine rings is 1. The molecule has 1 saturated heterocycles. The molecule has 4 rings (SSSR count). The van der Waals surface area contributed by atoms with Crippen molar-refractivity contribution >= 4 is 34.4 Å². The number of nitrogens with one attached hydrogen (secondary N) is 1. The number of rotatable bonds is 5. The predicted molar refractivity (Wildman–Crippen MR) is 133 cm³/mol. The number of benzene rings is 1. The van der Waals surface area contributed by atoms with Gasteiger partial charge in [0.05, 0.1) is 16.5 Å². The second-order valence-electron chi connectivity index (χ2n) is 8.91. The molecule has 1 aliphatic heterocycles. The van der Waals surface area contributed by atoms with Crippen molar-refractivity contribution in [2.24, 2.45) is 5.92 Å². The van der Waals surface area contributed by atoms with Gasteiger partial charge < -0.3 is 19.6 Å². The summed E-state index contributed by atoms with van der Waals surface area (Å²) in [7, 11) is 0. The Morgan fingerprint density at radius 2 is 2.06 bits per heavy atom. The van der Waals surface area contributed by atoms with E-state index in [9.17, 15) is 19.5 Å². The fourth-order valence-electron chi connectivity index (χ4n) is 4.69. The number of carboxylic acids is 1. The van der Waals surface area contributed by atoms with E-state index < -0.39 is 11.9 Å². The van der Waals surface area contributed by atoms with Crippen molar-refractivity contribution in [1.29, 1.82) is 0 Å². The van der Waals surface area contributed by atoms with Gasteiger partial charge in [-0.2, -0.15) is 0 Å². The van der Waals surface area contributed by atoms with Crippen molar-refractivity contribution in [3.05, 3.63) is 69.2 Å². The molecule has 34 heavy (non-hydrogen) atoms. The maximum atomic E-state index is 13.2. The van der Waals surface area contributed by atoms with Gasteiger partial charge >= 0.3 is 5.97 Å². The summed E-state index contributed by atoms with van der Waals surface area (Å²) in [6, 6.07) is 7.06. The van der Waals surface area contributed by atoms with Crippen molar-refractivity contribution in [3.63, 3.8) is 0 Å². The molecule has 8 heteroatoms. The van der Waals surface area contributed by atoms with Crippen LogP contribution in [0.4, 0.5) is 0 Å². The number of allylic oxidation sites excluding steroid dienone is 2. The van der Waals surface area contributed by atoms with Crippen LogP contribution in [-0.2, 0) is 11.3 Å². The van der Waals surface area contributed by atoms with Gasteiger partial charge in [-0.25, -0.2) is 0 Å². The van der Waals surface area contributed by atoms with Gasteiger partial charge in [-0.1, -0.05) is 29.8 Å². The number of carbonyl (C=O) groups is 2. The molecule has 2 atom stereocenters. The molecule has 2 aromatic heterocycles. The molecule has 1 fully saturated rings. The van der Waals surface area contributed by atoms with Gasteiger partial charge in [0, 0.05) is 42.0 Å². The van der Waals surface area contributed by atoms with Crippen molar-refractivity contribution in [1.82, 2.24) is 14.5 Å². The molecule has 178 valence electrons. The fourth-order valence-corrected chi connectivity index (χ4v) is 4.95. The first-order valence-corrected chi connectivity index (χ1v) is 11.8. The lowest BCUT2D eigenvalue weighted by Crippen LogP contribution is -2.46. The van der Waals surface area contributed by atoms with Crippen LogP contribution in [0.25, 0.3) is 22.0 Å². The molecule has 0 radical (unpaired) electrons. The number of hydrogen-bond donors (Lipinski definition) is 2. The van der Waals surface area contributed by atoms with Gasteiger partial charge in [-0.05, 0) is 57.4 Å². The first-order chi connectivity index (χ1) is 16.2. The third-order valence-corrected chi connectivity index (χ3v) is 6.85. The van der Waals surface area contributed by atoms with Gasteiger partial charge in [-0.15, -0.1) is 0 Å². The Labute approximate surface area is 202 Å². The van der Waals surface area contributed by atoms with E-state index in [0.29, 0.717) is 42.0 Å². The number of nitrogens with zero attached hydrogens (tertiary/aromatic N) is 2. The number of likely N-dealkylation sites (tertiary alicyclic amines) is 1. The van der Waals surface area contributed by atoms with E-state index >= 15 is 0 Å². The number of carboxylic acid groups (broad SMARTS) is 1. The molecule has 0 bridgehead atoms. The fraction of sp³-hybridized carbons (Fsp3) is 0.346. The first kappa shape index (κ1) is 23.8. The second kappa shape index (κ2) is 9.50. The first-order valence-electron chi connectivity index (χ1n) is 11.4. The number of H-pyrrole nitrogens is 1. The number of halogens is 1. The van der Waals surface area contributed by atoms with Crippen LogP contribution in [0.3, 0.4) is 0 Å². The molecule has 0 spiro atoms. The predicted octanol–water partition coefficient (Wildman–Crippen LogP) is 4.86. The van der Waals surface area contributed by atoms with Gasteiger partial charge in [0.15, 0.2) is 0 Å². The minimum Gasteiger partial charge on any atom is -0.481 e. The minimum atomic E-state index is -0.816. The Morgan fingerprint density at radius 1 is 1.29 bits per heavy atom. The Kier molecular flexibility index (Phi) is 6.66. The number of aromatic nitrogens is 2. The van der Waals surface area contributed by atoms with Crippen molar-refractivity contribution < 1.29 is 14.7 Å². The Balaban J connectivity index is 1.70. The number of aliphatic carboxylic acids is 1. The maximum absolute atomic E-state index is 13.2. The quantitative estimate of drug-likeness (QED) is 0.509. The van der Waals surface area contributed by atoms with Crippen LogP contribution in [0.1, 0.15) is 42.7 Å². The third kappa shape index (κ3) is 4.40. The van der Waals surface area contributed by atoms with E-state index in [-0.39, 0.29) is 17.5 Å². The van der Waals surface area contributed by atoms with Crippen molar-refractivity contribution in [3.8, 4) is 11.1 Å². The lowest BCUT2D eigenvalue weighted by molar-refractivity contribution is -0.143. The molecule has 7 nitrogen and oxygen atoms in total. The number of amides is 1. The van der Waals surface area contributed by atoms with Crippen LogP contribution in [0.15, 0.2) is 47.4 Å². The number of carbonyl (C=O) groups excluding carboxylic acids is 1. The average molecular weight is 482 g/mol. The number of pyridine rings is 1. The van der Waals surface area contributed by atoms with Gasteiger partial charge in [0.25, 0.3) is 11.5 Å². The summed E-state index contributed by atoms with van der Waals surface area (Å²) in [6.07, 6.45) is 6.49. The molecule has 2 unspecified atom stereocenters. The van der Waals surface area contributed by atoms with Gasteiger partial charge in [-0.3, -0.25) is 14.4 Å². The van der Waals surface area contributed by atoms with Crippen LogP contribution in [0, 0.1) is 12.8 Å². The monoisotopic (exact) mass is 481 g/mol. The van der Waals surface area contributed by atoms with Gasteiger partial charge in [0.1, 0.15) is 5.52 Å². The van der Waals surface area contributed by atoms with E-state index in [4.69, 9.17) is 11.6 Å². The topological polar surface area (TPSA) is 95.4 Å². The van der Waals surface area contributed by atoms with E-state index in [0.717, 1.165) is 22.2 Å². The van der Waals surface area contributed by atoms with Gasteiger partial charge in [0.2, 0.25) is 0 Å². The summed E-state index contributed by atoms with van der Waals surface area (Å²) >= 11 is 6.60. The summed E-state index contributed by atoms with van der Waals surface area (Å²) in [5.41, 5.74) is 3.36. The van der Waals surface area contributed by atoms with Crippen LogP contribution in [0.5, 0.6) is 0 Å². The summed E-state index contributed by atoms with van der Waals surface area (Å²) in [6.45, 7) is 6.51. The van der Waals surface area contributed by atoms with Crippen LogP contribution in [0.2, 0.25) is 5.02 Å². The Bertz CT molecular complexity index is 1350. The zero-order valence-electron chi connectivity index (χ0n) is 19.5. The number of hydrogen-bond acceptors (Lipinski definition) is 3. The summed E-state index contributed by atoms with van der Waals surface area (Å²) in [5, 5.41) is 10.4. The van der Waals surface area contributed by atoms with Crippen molar-refractivity contribution in [2.45, 2.75) is 46.2 Å². The van der Waals surface area contributed by atoms with E-state index in [1.54, 1.807) is 21.6 Å². The van der Waals surface area contributed by atoms with E-state index in [1.807, 2.05) is 51.3 Å². The van der Waals surface area contributed by atoms with Crippen molar-refractivity contribution in [2.75, 3.05) is 6.54 Å². The Morgan fingerprint density at radius 3 is 2.71 bits per heavy atom. The molecule has 0 saturated carbocycles. The highest BCUT2D eigenvalue weighted by Crippen LogP contribution is 2.32. The molecule has 3 heterocycles. The summed E-state index contributed by atoms with van der Waals surface area (Å²) < 4.78 is 1.65. The minimum absolute atomic E-state index is 0.0957. The molecular formula is C26H28ClN3O4. The molecule has 1 amide bonds. The zero-order chi connectivity index (χ0) is 24.6. The molecule has 3 aromatic rings. The number of aryl methyl sites for hydroxylation is 1. The van der Waals surface area contributed by atoms with Crippen LogP contribution in [-0.4, -0.2) is 44.0 Å². The number of aromatic amines is 1. The molecular weight excluding hydrogens is 454 g/mol. The van der Waals surface area contributed by atoms with Crippen LogP contribution >= 0.6 is 11.6 Å². The summed E-state index contributed by atoms with van der Waals surface area (Å²) in [4.78, 5) is 42.3.